The maximum atomic E-state index is 5.24. The van der Waals surface area contributed by atoms with Crippen molar-refractivity contribution in [2.24, 2.45) is 0 Å². The van der Waals surface area contributed by atoms with Crippen LogP contribution in [0, 0.1) is 0 Å². The molecule has 0 atom stereocenters. The number of halogens is 1. The molecule has 1 saturated heterocycles. The van der Waals surface area contributed by atoms with Crippen LogP contribution in [0.2, 0.25) is 0 Å². The van der Waals surface area contributed by atoms with E-state index in [9.17, 15) is 0 Å². The van der Waals surface area contributed by atoms with Gasteiger partial charge >= 0.3 is 0 Å². The average Bonchev–Trinajstić information content (AvgIpc) is 2.67. The highest BCUT2D eigenvalue weighted by molar-refractivity contribution is 5.85. The largest absolute Gasteiger partial charge is 0.497 e. The van der Waals surface area contributed by atoms with Crippen LogP contribution in [0.1, 0.15) is 0 Å². The van der Waals surface area contributed by atoms with Gasteiger partial charge in [-0.2, -0.15) is 0 Å². The van der Waals surface area contributed by atoms with E-state index in [1.807, 2.05) is 31.3 Å². The van der Waals surface area contributed by atoms with Crippen LogP contribution in [0.25, 0.3) is 11.3 Å². The second-order valence-electron chi connectivity index (χ2n) is 5.89. The number of likely N-dealkylation sites (N-methyl/N-ethyl adjacent to an activating group) is 1. The lowest BCUT2D eigenvalue weighted by Crippen LogP contribution is -2.48. The SMILES string of the molecule is CNCCN1CCN(c2nccnc2-c2ccc(OC)cc2)CC1.Cl. The molecule has 1 aromatic heterocycles. The zero-order valence-electron chi connectivity index (χ0n) is 14.8. The van der Waals surface area contributed by atoms with Crippen LogP contribution in [0.5, 0.6) is 5.75 Å². The molecular weight excluding hydrogens is 338 g/mol. The van der Waals surface area contributed by atoms with Gasteiger partial charge in [-0.05, 0) is 31.3 Å². The lowest BCUT2D eigenvalue weighted by atomic mass is 10.1. The number of rotatable bonds is 6. The molecule has 1 aliphatic heterocycles. The fourth-order valence-electron chi connectivity index (χ4n) is 2.97. The first kappa shape index (κ1) is 19.4. The van der Waals surface area contributed by atoms with Crippen LogP contribution >= 0.6 is 12.4 Å². The van der Waals surface area contributed by atoms with Crippen LogP contribution in [-0.4, -0.2) is 68.3 Å². The monoisotopic (exact) mass is 363 g/mol. The lowest BCUT2D eigenvalue weighted by molar-refractivity contribution is 0.259. The number of aromatic nitrogens is 2. The Hall–Kier alpha value is -1.89. The van der Waals surface area contributed by atoms with Crippen LogP contribution in [-0.2, 0) is 0 Å². The van der Waals surface area contributed by atoms with E-state index >= 15 is 0 Å². The summed E-state index contributed by atoms with van der Waals surface area (Å²) < 4.78 is 5.24. The van der Waals surface area contributed by atoms with Crippen molar-refractivity contribution in [3.63, 3.8) is 0 Å². The number of piperazine rings is 1. The molecule has 0 spiro atoms. The summed E-state index contributed by atoms with van der Waals surface area (Å²) in [6, 6.07) is 8.00. The van der Waals surface area contributed by atoms with E-state index in [2.05, 4.69) is 25.1 Å². The molecule has 0 radical (unpaired) electrons. The predicted octanol–water partition coefficient (Wildman–Crippen LogP) is 1.92. The summed E-state index contributed by atoms with van der Waals surface area (Å²) >= 11 is 0. The van der Waals surface area contributed by atoms with Crippen molar-refractivity contribution in [2.45, 2.75) is 0 Å². The summed E-state index contributed by atoms with van der Waals surface area (Å²) in [6.07, 6.45) is 3.53. The van der Waals surface area contributed by atoms with Gasteiger partial charge in [0.25, 0.3) is 0 Å². The van der Waals surface area contributed by atoms with Gasteiger partial charge in [-0.15, -0.1) is 12.4 Å². The highest BCUT2D eigenvalue weighted by Crippen LogP contribution is 2.28. The van der Waals surface area contributed by atoms with E-state index in [1.165, 1.54) is 0 Å². The van der Waals surface area contributed by atoms with Crippen LogP contribution in [0.4, 0.5) is 5.82 Å². The standard InChI is InChI=1S/C18H25N5O.ClH/c1-19-9-10-22-11-13-23(14-12-22)18-17(20-7-8-21-18)15-3-5-16(24-2)6-4-15;/h3-8,19H,9-14H2,1-2H3;1H. The normalized spacial score (nSPS) is 14.9. The number of hydrogen-bond acceptors (Lipinski definition) is 6. The molecule has 1 aliphatic rings. The molecular formula is C18H26ClN5O. The minimum absolute atomic E-state index is 0. The van der Waals surface area contributed by atoms with E-state index in [4.69, 9.17) is 4.74 Å². The Labute approximate surface area is 155 Å². The van der Waals surface area contributed by atoms with Gasteiger partial charge in [0.1, 0.15) is 11.4 Å². The second kappa shape index (κ2) is 9.56. The summed E-state index contributed by atoms with van der Waals surface area (Å²) in [4.78, 5) is 14.0. The number of anilines is 1. The van der Waals surface area contributed by atoms with Crippen molar-refractivity contribution in [3.05, 3.63) is 36.7 Å². The van der Waals surface area contributed by atoms with Gasteiger partial charge in [0.05, 0.1) is 7.11 Å². The van der Waals surface area contributed by atoms with E-state index < -0.39 is 0 Å². The first-order valence-electron chi connectivity index (χ1n) is 8.39. The molecule has 3 rings (SSSR count). The molecule has 2 aromatic rings. The Morgan fingerprint density at radius 2 is 1.72 bits per heavy atom. The van der Waals surface area contributed by atoms with Crippen molar-refractivity contribution in [1.82, 2.24) is 20.2 Å². The first-order chi connectivity index (χ1) is 11.8. The van der Waals surface area contributed by atoms with Crippen LogP contribution in [0.3, 0.4) is 0 Å². The number of ether oxygens (including phenoxy) is 1. The Balaban J connectivity index is 0.00000225. The minimum Gasteiger partial charge on any atom is -0.497 e. The highest BCUT2D eigenvalue weighted by Gasteiger charge is 2.21. The van der Waals surface area contributed by atoms with E-state index in [0.29, 0.717) is 0 Å². The van der Waals surface area contributed by atoms with Gasteiger partial charge in [-0.3, -0.25) is 9.88 Å². The van der Waals surface area contributed by atoms with Crippen molar-refractivity contribution < 1.29 is 4.74 Å². The van der Waals surface area contributed by atoms with Crippen molar-refractivity contribution in [1.29, 1.82) is 0 Å². The Bertz CT molecular complexity index is 644. The van der Waals surface area contributed by atoms with E-state index in [0.717, 1.165) is 62.1 Å². The van der Waals surface area contributed by atoms with Crippen LogP contribution < -0.4 is 15.0 Å². The van der Waals surface area contributed by atoms with Gasteiger partial charge < -0.3 is 15.0 Å². The third-order valence-corrected chi connectivity index (χ3v) is 4.39. The van der Waals surface area contributed by atoms with Gasteiger partial charge in [-0.25, -0.2) is 4.98 Å². The number of hydrogen-bond donors (Lipinski definition) is 1. The third-order valence-electron chi connectivity index (χ3n) is 4.39. The maximum Gasteiger partial charge on any atom is 0.155 e. The zero-order chi connectivity index (χ0) is 16.8. The fourth-order valence-corrected chi connectivity index (χ4v) is 2.97. The first-order valence-corrected chi connectivity index (χ1v) is 8.39. The average molecular weight is 364 g/mol. The quantitative estimate of drug-likeness (QED) is 0.846. The summed E-state index contributed by atoms with van der Waals surface area (Å²) in [5.74, 6) is 1.82. The topological polar surface area (TPSA) is 53.5 Å². The molecule has 1 N–H and O–H groups in total. The Kier molecular flexibility index (Phi) is 7.43. The predicted molar refractivity (Wildman–Crippen MR) is 104 cm³/mol. The fraction of sp³-hybridized carbons (Fsp3) is 0.444. The Morgan fingerprint density at radius 3 is 2.36 bits per heavy atom. The van der Waals surface area contributed by atoms with Gasteiger partial charge in [0.2, 0.25) is 0 Å². The highest BCUT2D eigenvalue weighted by atomic mass is 35.5. The van der Waals surface area contributed by atoms with Crippen molar-refractivity contribution in [2.75, 3.05) is 58.3 Å². The Morgan fingerprint density at radius 1 is 1.04 bits per heavy atom. The van der Waals surface area contributed by atoms with E-state index in [1.54, 1.807) is 19.5 Å². The molecule has 0 aliphatic carbocycles. The molecule has 0 bridgehead atoms. The number of benzene rings is 1. The van der Waals surface area contributed by atoms with Gasteiger partial charge in [0, 0.05) is 57.2 Å². The molecule has 6 nitrogen and oxygen atoms in total. The van der Waals surface area contributed by atoms with Gasteiger partial charge in [0.15, 0.2) is 5.82 Å². The molecule has 1 aromatic carbocycles. The second-order valence-corrected chi connectivity index (χ2v) is 5.89. The summed E-state index contributed by atoms with van der Waals surface area (Å²) in [5.41, 5.74) is 2.00. The number of methoxy groups -OCH3 is 1. The van der Waals surface area contributed by atoms with Crippen molar-refractivity contribution >= 4 is 18.2 Å². The summed E-state index contributed by atoms with van der Waals surface area (Å²) in [6.45, 7) is 6.19. The maximum absolute atomic E-state index is 5.24. The third kappa shape index (κ3) is 4.81. The van der Waals surface area contributed by atoms with Crippen molar-refractivity contribution in [3.8, 4) is 17.0 Å². The summed E-state index contributed by atoms with van der Waals surface area (Å²) in [5, 5.41) is 3.21. The zero-order valence-corrected chi connectivity index (χ0v) is 15.6. The molecule has 7 heteroatoms. The molecule has 2 heterocycles. The molecule has 0 saturated carbocycles. The number of nitrogens with zero attached hydrogens (tertiary/aromatic N) is 4. The molecule has 0 unspecified atom stereocenters. The molecule has 25 heavy (non-hydrogen) atoms. The van der Waals surface area contributed by atoms with Gasteiger partial charge in [-0.1, -0.05) is 0 Å². The summed E-state index contributed by atoms with van der Waals surface area (Å²) in [7, 11) is 3.67. The molecule has 0 amide bonds. The smallest absolute Gasteiger partial charge is 0.155 e. The van der Waals surface area contributed by atoms with Crippen LogP contribution in [0.15, 0.2) is 36.7 Å². The molecule has 136 valence electrons. The lowest BCUT2D eigenvalue weighted by Gasteiger charge is -2.35. The molecule has 1 fully saturated rings. The number of nitrogens with one attached hydrogen (secondary N) is 1. The van der Waals surface area contributed by atoms with E-state index in [-0.39, 0.29) is 12.4 Å². The minimum atomic E-state index is 0.